The van der Waals surface area contributed by atoms with Crippen molar-refractivity contribution in [1.82, 2.24) is 9.78 Å². The van der Waals surface area contributed by atoms with Crippen molar-refractivity contribution in [3.05, 3.63) is 41.6 Å². The lowest BCUT2D eigenvalue weighted by atomic mass is 10.3. The molecule has 0 spiro atoms. The van der Waals surface area contributed by atoms with Crippen LogP contribution in [-0.2, 0) is 11.2 Å². The number of nitrogens with zero attached hydrogens (tertiary/aromatic N) is 2. The molecule has 0 aliphatic carbocycles. The predicted molar refractivity (Wildman–Crippen MR) is 75.8 cm³/mol. The number of hydrogen-bond donors (Lipinski definition) is 1. The van der Waals surface area contributed by atoms with E-state index in [4.69, 9.17) is 5.11 Å². The highest BCUT2D eigenvalue weighted by Gasteiger charge is 2.15. The number of aryl methyl sites for hydroxylation is 1. The first-order valence-corrected chi connectivity index (χ1v) is 7.38. The van der Waals surface area contributed by atoms with Gasteiger partial charge in [-0.1, -0.05) is 25.1 Å². The molecule has 0 saturated heterocycles. The molecule has 7 heteroatoms. The average Bonchev–Trinajstić information content (AvgIpc) is 2.79. The number of thioether (sulfide) groups is 1. The van der Waals surface area contributed by atoms with E-state index in [9.17, 15) is 13.6 Å². The number of carboxylic acid groups (broad SMARTS) is 1. The van der Waals surface area contributed by atoms with E-state index in [0.717, 1.165) is 36.0 Å². The Morgan fingerprint density at radius 1 is 1.38 bits per heavy atom. The van der Waals surface area contributed by atoms with Gasteiger partial charge in [-0.15, -0.1) is 0 Å². The van der Waals surface area contributed by atoms with Crippen molar-refractivity contribution in [1.29, 1.82) is 0 Å². The van der Waals surface area contributed by atoms with Crippen LogP contribution >= 0.6 is 11.8 Å². The molecule has 0 fully saturated rings. The molecule has 0 aliphatic rings. The average molecular weight is 312 g/mol. The molecule has 21 heavy (non-hydrogen) atoms. The van der Waals surface area contributed by atoms with Crippen LogP contribution in [0.1, 0.15) is 19.0 Å². The fourth-order valence-corrected chi connectivity index (χ4v) is 2.60. The maximum atomic E-state index is 13.9. The molecule has 1 heterocycles. The zero-order valence-electron chi connectivity index (χ0n) is 11.3. The van der Waals surface area contributed by atoms with Gasteiger partial charge in [0, 0.05) is 6.07 Å². The van der Waals surface area contributed by atoms with Gasteiger partial charge >= 0.3 is 5.97 Å². The Hall–Kier alpha value is -1.89. The Morgan fingerprint density at radius 3 is 2.76 bits per heavy atom. The minimum absolute atomic E-state index is 0.103. The minimum atomic E-state index is -0.968. The van der Waals surface area contributed by atoms with Gasteiger partial charge in [-0.25, -0.2) is 13.5 Å². The Bertz CT molecular complexity index is 658. The maximum Gasteiger partial charge on any atom is 0.313 e. The molecular formula is C14H14F2N2O2S. The molecule has 0 saturated carbocycles. The lowest BCUT2D eigenvalue weighted by Crippen LogP contribution is -2.04. The molecule has 1 aromatic carbocycles. The van der Waals surface area contributed by atoms with Crippen molar-refractivity contribution in [2.75, 3.05) is 5.75 Å². The van der Waals surface area contributed by atoms with Crippen LogP contribution in [0.2, 0.25) is 0 Å². The number of carbonyl (C=O) groups is 1. The fourth-order valence-electron chi connectivity index (χ4n) is 1.85. The van der Waals surface area contributed by atoms with E-state index < -0.39 is 17.6 Å². The van der Waals surface area contributed by atoms with Crippen LogP contribution in [0.15, 0.2) is 29.3 Å². The summed E-state index contributed by atoms with van der Waals surface area (Å²) >= 11 is 1.05. The van der Waals surface area contributed by atoms with Gasteiger partial charge in [0.05, 0.1) is 11.4 Å². The number of hydrogen-bond acceptors (Lipinski definition) is 3. The van der Waals surface area contributed by atoms with Crippen LogP contribution < -0.4 is 0 Å². The molecule has 2 rings (SSSR count). The van der Waals surface area contributed by atoms with E-state index in [1.807, 2.05) is 6.92 Å². The fraction of sp³-hybridized carbons (Fsp3) is 0.286. The Labute approximate surface area is 124 Å². The number of rotatable bonds is 6. The van der Waals surface area contributed by atoms with Gasteiger partial charge in [0.2, 0.25) is 0 Å². The topological polar surface area (TPSA) is 55.1 Å². The lowest BCUT2D eigenvalue weighted by Gasteiger charge is -2.07. The van der Waals surface area contributed by atoms with Gasteiger partial charge in [0.1, 0.15) is 16.5 Å². The summed E-state index contributed by atoms with van der Waals surface area (Å²) in [6.07, 6.45) is 1.57. The van der Waals surface area contributed by atoms with Crippen LogP contribution in [0.5, 0.6) is 0 Å². The second kappa shape index (κ2) is 6.71. The third-order valence-corrected chi connectivity index (χ3v) is 3.69. The summed E-state index contributed by atoms with van der Waals surface area (Å²) in [5, 5.41) is 13.6. The summed E-state index contributed by atoms with van der Waals surface area (Å²) in [4.78, 5) is 10.7. The van der Waals surface area contributed by atoms with Crippen LogP contribution in [0.25, 0.3) is 5.69 Å². The van der Waals surface area contributed by atoms with Crippen LogP contribution in [0.3, 0.4) is 0 Å². The van der Waals surface area contributed by atoms with Gasteiger partial charge < -0.3 is 5.11 Å². The second-order valence-corrected chi connectivity index (χ2v) is 5.41. The van der Waals surface area contributed by atoms with Gasteiger partial charge in [0.25, 0.3) is 0 Å². The normalized spacial score (nSPS) is 10.8. The lowest BCUT2D eigenvalue weighted by molar-refractivity contribution is -0.133. The summed E-state index contributed by atoms with van der Waals surface area (Å²) < 4.78 is 28.2. The molecule has 1 N–H and O–H groups in total. The molecular weight excluding hydrogens is 298 g/mol. The van der Waals surface area contributed by atoms with Crippen LogP contribution in [0, 0.1) is 11.6 Å². The second-order valence-electron chi connectivity index (χ2n) is 4.41. The SMILES string of the molecule is CCCc1cc(SCC(=O)O)n(-c2ccc(F)cc2F)n1. The maximum absolute atomic E-state index is 13.9. The van der Waals surface area contributed by atoms with Gasteiger partial charge in [-0.3, -0.25) is 4.79 Å². The molecule has 0 unspecified atom stereocenters. The van der Waals surface area contributed by atoms with E-state index in [1.165, 1.54) is 10.7 Å². The Morgan fingerprint density at radius 2 is 2.14 bits per heavy atom. The molecule has 112 valence electrons. The molecule has 2 aromatic rings. The summed E-state index contributed by atoms with van der Waals surface area (Å²) in [7, 11) is 0. The predicted octanol–water partition coefficient (Wildman–Crippen LogP) is 3.28. The molecule has 0 radical (unpaired) electrons. The first-order valence-electron chi connectivity index (χ1n) is 6.40. The van der Waals surface area contributed by atoms with Crippen LogP contribution in [-0.4, -0.2) is 26.6 Å². The molecule has 1 aromatic heterocycles. The minimum Gasteiger partial charge on any atom is -0.481 e. The number of aromatic nitrogens is 2. The van der Waals surface area contributed by atoms with E-state index in [1.54, 1.807) is 6.07 Å². The summed E-state index contributed by atoms with van der Waals surface area (Å²) in [6.45, 7) is 1.99. The quantitative estimate of drug-likeness (QED) is 0.832. The zero-order chi connectivity index (χ0) is 15.4. The van der Waals surface area contributed by atoms with Crippen molar-refractivity contribution >= 4 is 17.7 Å². The highest BCUT2D eigenvalue weighted by molar-refractivity contribution is 7.99. The number of aliphatic carboxylic acids is 1. The van der Waals surface area contributed by atoms with Crippen LogP contribution in [0.4, 0.5) is 8.78 Å². The van der Waals surface area contributed by atoms with E-state index in [0.29, 0.717) is 11.4 Å². The van der Waals surface area contributed by atoms with E-state index >= 15 is 0 Å². The molecule has 0 bridgehead atoms. The number of halogens is 2. The largest absolute Gasteiger partial charge is 0.481 e. The zero-order valence-corrected chi connectivity index (χ0v) is 12.2. The van der Waals surface area contributed by atoms with Gasteiger partial charge in [0.15, 0.2) is 5.82 Å². The van der Waals surface area contributed by atoms with Crippen molar-refractivity contribution in [2.24, 2.45) is 0 Å². The Kier molecular flexibility index (Phi) is 4.95. The molecule has 0 aliphatic heterocycles. The first-order chi connectivity index (χ1) is 10.0. The summed E-state index contributed by atoms with van der Waals surface area (Å²) in [5.41, 5.74) is 0.848. The molecule has 4 nitrogen and oxygen atoms in total. The third-order valence-electron chi connectivity index (χ3n) is 2.71. The third kappa shape index (κ3) is 3.81. The van der Waals surface area contributed by atoms with E-state index in [-0.39, 0.29) is 11.4 Å². The van der Waals surface area contributed by atoms with Crippen molar-refractivity contribution in [3.63, 3.8) is 0 Å². The number of carboxylic acids is 1. The molecule has 0 atom stereocenters. The first kappa shape index (κ1) is 15.5. The summed E-state index contributed by atoms with van der Waals surface area (Å²) in [6, 6.07) is 4.95. The smallest absolute Gasteiger partial charge is 0.313 e. The highest BCUT2D eigenvalue weighted by Crippen LogP contribution is 2.25. The monoisotopic (exact) mass is 312 g/mol. The van der Waals surface area contributed by atoms with Crippen molar-refractivity contribution in [3.8, 4) is 5.69 Å². The number of benzene rings is 1. The Balaban J connectivity index is 2.41. The van der Waals surface area contributed by atoms with Crippen molar-refractivity contribution in [2.45, 2.75) is 24.8 Å². The van der Waals surface area contributed by atoms with Crippen molar-refractivity contribution < 1.29 is 18.7 Å². The summed E-state index contributed by atoms with van der Waals surface area (Å²) in [5.74, 6) is -2.53. The van der Waals surface area contributed by atoms with Gasteiger partial charge in [-0.2, -0.15) is 5.10 Å². The standard InChI is InChI=1S/C14H14F2N2O2S/c1-2-3-10-7-13(21-8-14(19)20)18(17-10)12-5-4-9(15)6-11(12)16/h4-7H,2-3,8H2,1H3,(H,19,20). The van der Waals surface area contributed by atoms with Gasteiger partial charge in [-0.05, 0) is 24.6 Å². The van der Waals surface area contributed by atoms with E-state index in [2.05, 4.69) is 5.10 Å². The molecule has 0 amide bonds. The highest BCUT2D eigenvalue weighted by atomic mass is 32.2.